The summed E-state index contributed by atoms with van der Waals surface area (Å²) < 4.78 is 11.0. The third kappa shape index (κ3) is 3.40. The Bertz CT molecular complexity index is 792. The maximum Gasteiger partial charge on any atom is 0.127 e. The van der Waals surface area contributed by atoms with E-state index in [0.717, 1.165) is 49.6 Å². The van der Waals surface area contributed by atoms with E-state index in [1.807, 2.05) is 12.1 Å². The predicted molar refractivity (Wildman–Crippen MR) is 97.6 cm³/mol. The highest BCUT2D eigenvalue weighted by atomic mass is 35.5. The molecule has 0 amide bonds. The van der Waals surface area contributed by atoms with Crippen LogP contribution in [0.1, 0.15) is 29.9 Å². The van der Waals surface area contributed by atoms with Gasteiger partial charge in [0.1, 0.15) is 16.3 Å². The fourth-order valence-corrected chi connectivity index (χ4v) is 5.29. The minimum atomic E-state index is 0.200. The van der Waals surface area contributed by atoms with Crippen LogP contribution in [0, 0.1) is 5.92 Å². The summed E-state index contributed by atoms with van der Waals surface area (Å²) in [6.45, 7) is 0.649. The van der Waals surface area contributed by atoms with Gasteiger partial charge < -0.3 is 15.5 Å². The third-order valence-corrected chi connectivity index (χ3v) is 6.78. The quantitative estimate of drug-likeness (QED) is 0.624. The Balaban J connectivity index is 1.50. The molecule has 0 spiro atoms. The molecule has 1 aliphatic rings. The third-order valence-electron chi connectivity index (χ3n) is 4.11. The molecule has 1 fully saturated rings. The Kier molecular flexibility index (Phi) is 4.32. The van der Waals surface area contributed by atoms with E-state index in [2.05, 4.69) is 9.69 Å². The smallest absolute Gasteiger partial charge is 0.127 e. The molecule has 1 aliphatic carbocycles. The maximum atomic E-state index is 6.52. The van der Waals surface area contributed by atoms with E-state index < -0.39 is 0 Å². The Morgan fingerprint density at radius 3 is 3.09 bits per heavy atom. The van der Waals surface area contributed by atoms with Gasteiger partial charge in [-0.05, 0) is 42.4 Å². The second-order valence-electron chi connectivity index (χ2n) is 6.10. The number of hydrogen-bond acceptors (Lipinski definition) is 6. The molecule has 4 nitrogen and oxygen atoms in total. The van der Waals surface area contributed by atoms with Gasteiger partial charge in [0.25, 0.3) is 0 Å². The highest BCUT2D eigenvalue weighted by molar-refractivity contribution is 7.25. The minimum absolute atomic E-state index is 0.200. The molecule has 3 N–H and O–H groups in total. The molecule has 0 aliphatic heterocycles. The highest BCUT2D eigenvalue weighted by Crippen LogP contribution is 2.42. The van der Waals surface area contributed by atoms with Crippen LogP contribution in [0.3, 0.4) is 0 Å². The zero-order chi connectivity index (χ0) is 15.8. The fraction of sp³-hybridized carbons (Fsp3) is 0.438. The van der Waals surface area contributed by atoms with Crippen LogP contribution >= 0.6 is 34.5 Å². The lowest BCUT2D eigenvalue weighted by molar-refractivity contribution is 0.518. The zero-order valence-electron chi connectivity index (χ0n) is 12.5. The average molecular weight is 368 g/mol. The van der Waals surface area contributed by atoms with E-state index in [-0.39, 0.29) is 6.04 Å². The summed E-state index contributed by atoms with van der Waals surface area (Å²) in [5, 5.41) is 5.21. The molecule has 1 saturated carbocycles. The van der Waals surface area contributed by atoms with Crippen molar-refractivity contribution < 1.29 is 4.42 Å². The van der Waals surface area contributed by atoms with Gasteiger partial charge in [-0.1, -0.05) is 24.4 Å². The molecule has 122 valence electrons. The van der Waals surface area contributed by atoms with Crippen molar-refractivity contribution in [2.75, 3.05) is 5.32 Å². The molecule has 3 aromatic rings. The normalized spacial score (nSPS) is 16.1. The summed E-state index contributed by atoms with van der Waals surface area (Å²) in [7, 11) is 0. The van der Waals surface area contributed by atoms with Crippen LogP contribution in [-0.2, 0) is 13.0 Å². The second kappa shape index (κ2) is 6.43. The first-order chi connectivity index (χ1) is 11.2. The van der Waals surface area contributed by atoms with E-state index in [1.165, 1.54) is 24.4 Å². The maximum absolute atomic E-state index is 6.52. The summed E-state index contributed by atoms with van der Waals surface area (Å²) in [4.78, 5) is 1.16. The van der Waals surface area contributed by atoms with E-state index in [4.69, 9.17) is 21.8 Å². The summed E-state index contributed by atoms with van der Waals surface area (Å²) in [6, 6.07) is 4.04. The number of anilines is 1. The van der Waals surface area contributed by atoms with Crippen molar-refractivity contribution in [2.24, 2.45) is 11.7 Å². The first-order valence-electron chi connectivity index (χ1n) is 7.79. The van der Waals surface area contributed by atoms with Gasteiger partial charge in [-0.2, -0.15) is 4.37 Å². The number of hydrogen-bond donors (Lipinski definition) is 2. The van der Waals surface area contributed by atoms with Crippen molar-refractivity contribution in [3.63, 3.8) is 0 Å². The van der Waals surface area contributed by atoms with Crippen LogP contribution in [-0.4, -0.2) is 10.4 Å². The van der Waals surface area contributed by atoms with Gasteiger partial charge in [0, 0.05) is 10.9 Å². The number of aromatic nitrogens is 1. The number of nitrogens with one attached hydrogen (secondary N) is 1. The molecule has 0 unspecified atom stereocenters. The Morgan fingerprint density at radius 1 is 1.48 bits per heavy atom. The molecule has 0 saturated heterocycles. The van der Waals surface area contributed by atoms with Crippen molar-refractivity contribution in [1.29, 1.82) is 0 Å². The number of halogens is 1. The molecule has 0 radical (unpaired) electrons. The second-order valence-corrected chi connectivity index (χ2v) is 8.36. The lowest BCUT2D eigenvalue weighted by Crippen LogP contribution is -2.22. The van der Waals surface area contributed by atoms with Crippen LogP contribution in [0.15, 0.2) is 22.8 Å². The Morgan fingerprint density at radius 2 is 2.35 bits per heavy atom. The standard InChI is InChI=1S/C16H18ClN3OS2/c17-13-12(7-10(18)6-9-3-4-9)22-15-14(13)20-23-16(15)19-8-11-2-1-5-21-11/h1-2,5,9-10,19H,3-4,6-8,18H2/t10-/m0/s1. The first kappa shape index (κ1) is 15.4. The van der Waals surface area contributed by atoms with E-state index in [9.17, 15) is 0 Å². The first-order valence-corrected chi connectivity index (χ1v) is 9.76. The molecule has 1 atom stereocenters. The van der Waals surface area contributed by atoms with Crippen LogP contribution in [0.25, 0.3) is 10.2 Å². The highest BCUT2D eigenvalue weighted by Gasteiger charge is 2.25. The fourth-order valence-electron chi connectivity index (χ4n) is 2.74. The number of rotatable bonds is 7. The van der Waals surface area contributed by atoms with Crippen LogP contribution in [0.4, 0.5) is 5.00 Å². The van der Waals surface area contributed by atoms with Crippen LogP contribution in [0.2, 0.25) is 5.02 Å². The van der Waals surface area contributed by atoms with Gasteiger partial charge in [0.05, 0.1) is 22.5 Å². The average Bonchev–Trinajstić information content (AvgIpc) is 2.95. The van der Waals surface area contributed by atoms with Gasteiger partial charge in [0.15, 0.2) is 0 Å². The molecule has 4 rings (SSSR count). The number of nitrogens with two attached hydrogens (primary N) is 1. The van der Waals surface area contributed by atoms with Gasteiger partial charge in [-0.15, -0.1) is 11.3 Å². The largest absolute Gasteiger partial charge is 0.467 e. The topological polar surface area (TPSA) is 64.1 Å². The zero-order valence-corrected chi connectivity index (χ0v) is 14.9. The number of furan rings is 1. The van der Waals surface area contributed by atoms with Crippen LogP contribution < -0.4 is 11.1 Å². The number of thiophene rings is 1. The molecular formula is C16H18ClN3OS2. The monoisotopic (exact) mass is 367 g/mol. The van der Waals surface area contributed by atoms with Gasteiger partial charge in [-0.25, -0.2) is 0 Å². The Hall–Kier alpha value is -1.08. The molecule has 0 bridgehead atoms. The molecule has 7 heteroatoms. The van der Waals surface area contributed by atoms with Crippen molar-refractivity contribution in [2.45, 2.75) is 38.3 Å². The summed E-state index contributed by atoms with van der Waals surface area (Å²) in [5.41, 5.74) is 7.17. The van der Waals surface area contributed by atoms with Crippen molar-refractivity contribution >= 4 is 49.7 Å². The molecule has 3 heterocycles. The van der Waals surface area contributed by atoms with Gasteiger partial charge in [-0.3, -0.25) is 0 Å². The van der Waals surface area contributed by atoms with E-state index in [0.29, 0.717) is 6.54 Å². The predicted octanol–water partition coefficient (Wildman–Crippen LogP) is 4.89. The summed E-state index contributed by atoms with van der Waals surface area (Å²) in [5.74, 6) is 1.74. The Labute approximate surface area is 147 Å². The lowest BCUT2D eigenvalue weighted by Gasteiger charge is -2.09. The molecule has 3 aromatic heterocycles. The van der Waals surface area contributed by atoms with Crippen molar-refractivity contribution in [1.82, 2.24) is 4.37 Å². The van der Waals surface area contributed by atoms with Crippen molar-refractivity contribution in [3.05, 3.63) is 34.1 Å². The molecule has 23 heavy (non-hydrogen) atoms. The summed E-state index contributed by atoms with van der Waals surface area (Å²) >= 11 is 9.68. The SMILES string of the molecule is N[C@H](Cc1sc2c(NCc3ccco3)snc2c1Cl)CC1CC1. The lowest BCUT2D eigenvalue weighted by atomic mass is 10.1. The molecule has 0 aromatic carbocycles. The summed E-state index contributed by atoms with van der Waals surface area (Å²) in [6.07, 6.45) is 6.31. The van der Waals surface area contributed by atoms with Crippen LogP contribution in [0.5, 0.6) is 0 Å². The number of fused-ring (bicyclic) bond motifs is 1. The van der Waals surface area contributed by atoms with Crippen molar-refractivity contribution in [3.8, 4) is 0 Å². The van der Waals surface area contributed by atoms with E-state index >= 15 is 0 Å². The van der Waals surface area contributed by atoms with Gasteiger partial charge in [0.2, 0.25) is 0 Å². The minimum Gasteiger partial charge on any atom is -0.467 e. The van der Waals surface area contributed by atoms with Gasteiger partial charge >= 0.3 is 0 Å². The molecular weight excluding hydrogens is 350 g/mol. The number of nitrogens with zero attached hydrogens (tertiary/aromatic N) is 1. The van der Waals surface area contributed by atoms with E-state index in [1.54, 1.807) is 17.6 Å².